The van der Waals surface area contributed by atoms with Gasteiger partial charge in [0.2, 0.25) is 15.9 Å². The lowest BCUT2D eigenvalue weighted by Crippen LogP contribution is -2.33. The second-order valence-corrected chi connectivity index (χ2v) is 7.70. The van der Waals surface area contributed by atoms with E-state index < -0.39 is 10.0 Å². The van der Waals surface area contributed by atoms with Gasteiger partial charge in [0.1, 0.15) is 0 Å². The second kappa shape index (κ2) is 9.98. The first kappa shape index (κ1) is 21.5. The highest BCUT2D eigenvalue weighted by Gasteiger charge is 2.14. The predicted octanol–water partition coefficient (Wildman–Crippen LogP) is 1.34. The average molecular weight is 405 g/mol. The molecule has 0 saturated heterocycles. The number of nitrogens with two attached hydrogens (primary N) is 1. The van der Waals surface area contributed by atoms with Crippen LogP contribution in [0.2, 0.25) is 0 Å². The molecule has 0 aliphatic rings. The molecule has 8 nitrogen and oxygen atoms in total. The quantitative estimate of drug-likeness (QED) is 0.608. The molecule has 0 heterocycles. The van der Waals surface area contributed by atoms with E-state index in [9.17, 15) is 18.0 Å². The summed E-state index contributed by atoms with van der Waals surface area (Å²) in [7, 11) is -2.46. The first-order valence-electron chi connectivity index (χ1n) is 8.54. The third-order valence-corrected chi connectivity index (χ3v) is 4.88. The Morgan fingerprint density at radius 2 is 1.71 bits per heavy atom. The summed E-state index contributed by atoms with van der Waals surface area (Å²) in [6.07, 6.45) is 0.154. The molecule has 2 aromatic rings. The van der Waals surface area contributed by atoms with Gasteiger partial charge in [0, 0.05) is 25.2 Å². The number of nitrogens with one attached hydrogen (secondary N) is 1. The van der Waals surface area contributed by atoms with Gasteiger partial charge in [-0.05, 0) is 29.8 Å². The number of methoxy groups -OCH3 is 1. The molecule has 2 aromatic carbocycles. The van der Waals surface area contributed by atoms with Crippen molar-refractivity contribution < 1.29 is 22.7 Å². The van der Waals surface area contributed by atoms with E-state index in [1.165, 1.54) is 31.4 Å². The molecule has 0 saturated carbocycles. The van der Waals surface area contributed by atoms with E-state index in [2.05, 4.69) is 5.32 Å². The number of esters is 1. The molecule has 0 fully saturated rings. The van der Waals surface area contributed by atoms with Gasteiger partial charge in [-0.25, -0.2) is 13.6 Å². The van der Waals surface area contributed by atoms with Gasteiger partial charge in [0.25, 0.3) is 0 Å². The fourth-order valence-electron chi connectivity index (χ4n) is 2.51. The summed E-state index contributed by atoms with van der Waals surface area (Å²) < 4.78 is 27.2. The zero-order valence-corrected chi connectivity index (χ0v) is 16.3. The maximum absolute atomic E-state index is 12.2. The molecule has 0 aromatic heterocycles. The summed E-state index contributed by atoms with van der Waals surface area (Å²) in [5, 5.41) is 7.73. The van der Waals surface area contributed by atoms with Crippen molar-refractivity contribution in [1.29, 1.82) is 0 Å². The Balaban J connectivity index is 1.93. The van der Waals surface area contributed by atoms with Gasteiger partial charge in [-0.1, -0.05) is 30.3 Å². The van der Waals surface area contributed by atoms with Crippen molar-refractivity contribution in [2.75, 3.05) is 25.5 Å². The zero-order chi connectivity index (χ0) is 20.6. The molecule has 0 unspecified atom stereocenters. The monoisotopic (exact) mass is 405 g/mol. The van der Waals surface area contributed by atoms with Crippen LogP contribution in [0.25, 0.3) is 0 Å². The number of ether oxygens (including phenoxy) is 1. The molecule has 9 heteroatoms. The van der Waals surface area contributed by atoms with Crippen LogP contribution in [-0.4, -0.2) is 45.4 Å². The third-order valence-electron chi connectivity index (χ3n) is 3.95. The van der Waals surface area contributed by atoms with E-state index in [4.69, 9.17) is 9.88 Å². The number of sulfonamides is 1. The lowest BCUT2D eigenvalue weighted by Gasteiger charge is -2.21. The Hall–Kier alpha value is -2.75. The first-order valence-corrected chi connectivity index (χ1v) is 10.1. The Labute approximate surface area is 164 Å². The highest BCUT2D eigenvalue weighted by Crippen LogP contribution is 2.13. The van der Waals surface area contributed by atoms with Crippen LogP contribution in [0.5, 0.6) is 0 Å². The van der Waals surface area contributed by atoms with Gasteiger partial charge >= 0.3 is 5.97 Å². The van der Waals surface area contributed by atoms with E-state index in [0.717, 1.165) is 5.56 Å². The highest BCUT2D eigenvalue weighted by atomic mass is 32.2. The predicted molar refractivity (Wildman–Crippen MR) is 105 cm³/mol. The number of anilines is 1. The molecule has 28 heavy (non-hydrogen) atoms. The summed E-state index contributed by atoms with van der Waals surface area (Å²) in [5.41, 5.74) is 1.48. The molecule has 2 rings (SSSR count). The van der Waals surface area contributed by atoms with Crippen LogP contribution >= 0.6 is 0 Å². The summed E-state index contributed by atoms with van der Waals surface area (Å²) in [6.45, 7) is 0.930. The Bertz CT molecular complexity index is 899. The summed E-state index contributed by atoms with van der Waals surface area (Å²) in [5.74, 6) is -0.638. The normalized spacial score (nSPS) is 11.2. The number of rotatable bonds is 9. The van der Waals surface area contributed by atoms with E-state index in [-0.39, 0.29) is 29.7 Å². The fraction of sp³-hybridized carbons (Fsp3) is 0.263. The molecule has 0 bridgehead atoms. The molecule has 0 radical (unpaired) electrons. The minimum Gasteiger partial charge on any atom is -0.468 e. The SMILES string of the molecule is COC(=O)CN(CCC(=O)Nc1ccc(S(N)(=O)=O)cc1)Cc1ccccc1. The summed E-state index contributed by atoms with van der Waals surface area (Å²) in [4.78, 5) is 25.6. The minimum absolute atomic E-state index is 0.0300. The number of hydrogen-bond donors (Lipinski definition) is 2. The standard InChI is InChI=1S/C19H23N3O5S/c1-27-19(24)14-22(13-15-5-3-2-4-6-15)12-11-18(23)21-16-7-9-17(10-8-16)28(20,25)26/h2-10H,11-14H2,1H3,(H,21,23)(H2,20,25,26). The van der Waals surface area contributed by atoms with E-state index in [0.29, 0.717) is 18.8 Å². The van der Waals surface area contributed by atoms with E-state index in [1.54, 1.807) is 0 Å². The number of benzene rings is 2. The number of amides is 1. The number of primary sulfonamides is 1. The molecular weight excluding hydrogens is 382 g/mol. The van der Waals surface area contributed by atoms with Crippen molar-refractivity contribution >= 4 is 27.6 Å². The molecule has 150 valence electrons. The van der Waals surface area contributed by atoms with Crippen molar-refractivity contribution in [2.45, 2.75) is 17.9 Å². The summed E-state index contributed by atoms with van der Waals surface area (Å²) in [6, 6.07) is 15.2. The van der Waals surface area contributed by atoms with E-state index in [1.807, 2.05) is 35.2 Å². The van der Waals surface area contributed by atoms with Gasteiger partial charge in [0.15, 0.2) is 0 Å². The van der Waals surface area contributed by atoms with Crippen molar-refractivity contribution in [3.63, 3.8) is 0 Å². The fourth-order valence-corrected chi connectivity index (χ4v) is 3.03. The largest absolute Gasteiger partial charge is 0.468 e. The molecule has 0 aliphatic heterocycles. The van der Waals surface area contributed by atoms with Gasteiger partial charge in [-0.15, -0.1) is 0 Å². The van der Waals surface area contributed by atoms with Gasteiger partial charge < -0.3 is 10.1 Å². The Morgan fingerprint density at radius 3 is 2.29 bits per heavy atom. The molecular formula is C19H23N3O5S. The molecule has 0 aliphatic carbocycles. The highest BCUT2D eigenvalue weighted by molar-refractivity contribution is 7.89. The average Bonchev–Trinajstić information content (AvgIpc) is 2.66. The lowest BCUT2D eigenvalue weighted by atomic mass is 10.2. The van der Waals surface area contributed by atoms with Crippen LogP contribution in [-0.2, 0) is 30.9 Å². The van der Waals surface area contributed by atoms with Gasteiger partial charge in [0.05, 0.1) is 18.6 Å². The molecule has 3 N–H and O–H groups in total. The Morgan fingerprint density at radius 1 is 1.07 bits per heavy atom. The van der Waals surface area contributed by atoms with Crippen molar-refractivity contribution in [1.82, 2.24) is 4.90 Å². The van der Waals surface area contributed by atoms with Gasteiger partial charge in [-0.3, -0.25) is 14.5 Å². The van der Waals surface area contributed by atoms with Crippen LogP contribution in [0.3, 0.4) is 0 Å². The van der Waals surface area contributed by atoms with E-state index >= 15 is 0 Å². The number of carbonyl (C=O) groups is 2. The zero-order valence-electron chi connectivity index (χ0n) is 15.5. The smallest absolute Gasteiger partial charge is 0.319 e. The topological polar surface area (TPSA) is 119 Å². The third kappa shape index (κ3) is 7.10. The number of carbonyl (C=O) groups excluding carboxylic acids is 2. The number of hydrogen-bond acceptors (Lipinski definition) is 6. The molecule has 0 spiro atoms. The van der Waals surface area contributed by atoms with Crippen LogP contribution in [0, 0.1) is 0 Å². The number of nitrogens with zero attached hydrogens (tertiary/aromatic N) is 1. The summed E-state index contributed by atoms with van der Waals surface area (Å²) >= 11 is 0. The second-order valence-electron chi connectivity index (χ2n) is 6.14. The van der Waals surface area contributed by atoms with Crippen molar-refractivity contribution in [3.8, 4) is 0 Å². The van der Waals surface area contributed by atoms with Crippen LogP contribution in [0.15, 0.2) is 59.5 Å². The maximum atomic E-state index is 12.2. The van der Waals surface area contributed by atoms with Crippen LogP contribution < -0.4 is 10.5 Å². The lowest BCUT2D eigenvalue weighted by molar-refractivity contribution is -0.142. The Kier molecular flexibility index (Phi) is 7.68. The minimum atomic E-state index is -3.78. The van der Waals surface area contributed by atoms with Crippen molar-refractivity contribution in [2.24, 2.45) is 5.14 Å². The van der Waals surface area contributed by atoms with Crippen LogP contribution in [0.1, 0.15) is 12.0 Å². The van der Waals surface area contributed by atoms with Gasteiger partial charge in [-0.2, -0.15) is 0 Å². The van der Waals surface area contributed by atoms with Crippen molar-refractivity contribution in [3.05, 3.63) is 60.2 Å². The maximum Gasteiger partial charge on any atom is 0.319 e. The molecule has 0 atom stereocenters. The molecule has 1 amide bonds. The van der Waals surface area contributed by atoms with Crippen LogP contribution in [0.4, 0.5) is 5.69 Å². The first-order chi connectivity index (χ1) is 13.3.